The Morgan fingerprint density at radius 3 is 2.50 bits per heavy atom. The minimum absolute atomic E-state index is 0.251. The van der Waals surface area contributed by atoms with Crippen LogP contribution in [0.5, 0.6) is 0 Å². The second-order valence-corrected chi connectivity index (χ2v) is 5.85. The van der Waals surface area contributed by atoms with E-state index in [9.17, 15) is 0 Å². The fraction of sp³-hybridized carbons (Fsp3) is 0.375. The summed E-state index contributed by atoms with van der Waals surface area (Å²) in [5.74, 6) is 1.99. The first-order chi connectivity index (χ1) is 9.63. The van der Waals surface area contributed by atoms with E-state index >= 15 is 0 Å². The molecule has 0 radical (unpaired) electrons. The normalized spacial score (nSPS) is 22.6. The summed E-state index contributed by atoms with van der Waals surface area (Å²) in [4.78, 5) is 0. The van der Waals surface area contributed by atoms with Crippen molar-refractivity contribution in [1.82, 2.24) is 10.2 Å². The first kappa shape index (κ1) is 13.4. The summed E-state index contributed by atoms with van der Waals surface area (Å²) in [6, 6.07) is 8.09. The summed E-state index contributed by atoms with van der Waals surface area (Å²) in [6.07, 6.45) is 4.24. The van der Waals surface area contributed by atoms with Gasteiger partial charge in [0.25, 0.3) is 0 Å². The standard InChI is InChI=1S/C16H17ClN2O/c1-10-3-8-14(16-19-18-11(2)20-16)15(9-10)12-4-6-13(17)7-5-12/h3-7,14-15H,8-9H2,1-2H3/t14-,15+/m0/s1. The van der Waals surface area contributed by atoms with Gasteiger partial charge < -0.3 is 4.42 Å². The van der Waals surface area contributed by atoms with Crippen LogP contribution in [0.1, 0.15) is 48.9 Å². The molecule has 0 saturated heterocycles. The monoisotopic (exact) mass is 288 g/mol. The van der Waals surface area contributed by atoms with Crippen LogP contribution in [0.15, 0.2) is 40.3 Å². The highest BCUT2D eigenvalue weighted by molar-refractivity contribution is 6.30. The lowest BCUT2D eigenvalue weighted by Crippen LogP contribution is -2.15. The Kier molecular flexibility index (Phi) is 3.62. The van der Waals surface area contributed by atoms with Crippen LogP contribution in [0.2, 0.25) is 5.02 Å². The van der Waals surface area contributed by atoms with Gasteiger partial charge in [-0.25, -0.2) is 0 Å². The molecule has 104 valence electrons. The average Bonchev–Trinajstić information content (AvgIpc) is 2.86. The molecule has 0 amide bonds. The quantitative estimate of drug-likeness (QED) is 0.756. The van der Waals surface area contributed by atoms with Gasteiger partial charge in [0.1, 0.15) is 0 Å². The highest BCUT2D eigenvalue weighted by Crippen LogP contribution is 2.43. The van der Waals surface area contributed by atoms with Gasteiger partial charge in [-0.05, 0) is 43.4 Å². The average molecular weight is 289 g/mol. The Hall–Kier alpha value is -1.61. The number of aromatic nitrogens is 2. The lowest BCUT2D eigenvalue weighted by Gasteiger charge is -2.28. The minimum Gasteiger partial charge on any atom is -0.425 e. The molecule has 0 fully saturated rings. The zero-order valence-electron chi connectivity index (χ0n) is 11.6. The molecule has 0 aliphatic heterocycles. The van der Waals surface area contributed by atoms with E-state index in [1.54, 1.807) is 0 Å². The van der Waals surface area contributed by atoms with Crippen LogP contribution in [0, 0.1) is 6.92 Å². The maximum absolute atomic E-state index is 5.98. The van der Waals surface area contributed by atoms with Crippen LogP contribution in [-0.4, -0.2) is 10.2 Å². The van der Waals surface area contributed by atoms with Gasteiger partial charge in [0, 0.05) is 17.9 Å². The van der Waals surface area contributed by atoms with Gasteiger partial charge in [-0.1, -0.05) is 35.4 Å². The molecule has 2 aromatic rings. The molecular formula is C16H17ClN2O. The molecule has 0 unspecified atom stereocenters. The Balaban J connectivity index is 1.96. The fourth-order valence-electron chi connectivity index (χ4n) is 2.86. The van der Waals surface area contributed by atoms with Gasteiger partial charge in [-0.3, -0.25) is 0 Å². The summed E-state index contributed by atoms with van der Waals surface area (Å²) in [7, 11) is 0. The molecule has 2 atom stereocenters. The summed E-state index contributed by atoms with van der Waals surface area (Å²) < 4.78 is 5.66. The Morgan fingerprint density at radius 2 is 1.85 bits per heavy atom. The third-order valence-electron chi connectivity index (χ3n) is 3.90. The number of nitrogens with zero attached hydrogens (tertiary/aromatic N) is 2. The molecule has 1 aromatic heterocycles. The summed E-state index contributed by atoms with van der Waals surface area (Å²) >= 11 is 5.98. The van der Waals surface area contributed by atoms with Gasteiger partial charge in [-0.2, -0.15) is 0 Å². The highest BCUT2D eigenvalue weighted by Gasteiger charge is 2.31. The number of hydrogen-bond donors (Lipinski definition) is 0. The van der Waals surface area contributed by atoms with Crippen molar-refractivity contribution in [1.29, 1.82) is 0 Å². The Morgan fingerprint density at radius 1 is 1.10 bits per heavy atom. The molecule has 20 heavy (non-hydrogen) atoms. The van der Waals surface area contributed by atoms with E-state index in [0.717, 1.165) is 23.8 Å². The van der Waals surface area contributed by atoms with E-state index in [-0.39, 0.29) is 5.92 Å². The predicted molar refractivity (Wildman–Crippen MR) is 79.0 cm³/mol. The van der Waals surface area contributed by atoms with E-state index in [0.29, 0.717) is 11.8 Å². The van der Waals surface area contributed by atoms with E-state index in [4.69, 9.17) is 16.0 Å². The molecule has 0 bridgehead atoms. The SMILES string of the molecule is CC1=CC[C@H](c2nnc(C)o2)[C@@H](c2ccc(Cl)cc2)C1. The maximum Gasteiger partial charge on any atom is 0.220 e. The van der Waals surface area contributed by atoms with Gasteiger partial charge in [-0.15, -0.1) is 10.2 Å². The topological polar surface area (TPSA) is 38.9 Å². The maximum atomic E-state index is 5.98. The Labute approximate surface area is 123 Å². The Bertz CT molecular complexity index is 630. The summed E-state index contributed by atoms with van der Waals surface area (Å²) in [5, 5.41) is 8.95. The van der Waals surface area contributed by atoms with E-state index in [1.807, 2.05) is 19.1 Å². The molecule has 3 nitrogen and oxygen atoms in total. The third-order valence-corrected chi connectivity index (χ3v) is 4.16. The van der Waals surface area contributed by atoms with E-state index in [1.165, 1.54) is 11.1 Å². The third kappa shape index (κ3) is 2.63. The summed E-state index contributed by atoms with van der Waals surface area (Å²) in [6.45, 7) is 4.01. The molecule has 1 aliphatic carbocycles. The first-order valence-electron chi connectivity index (χ1n) is 6.84. The molecule has 4 heteroatoms. The van der Waals surface area contributed by atoms with Crippen LogP contribution in [0.4, 0.5) is 0 Å². The molecule has 1 heterocycles. The van der Waals surface area contributed by atoms with Gasteiger partial charge in [0.05, 0.1) is 0 Å². The lowest BCUT2D eigenvalue weighted by molar-refractivity contribution is 0.381. The fourth-order valence-corrected chi connectivity index (χ4v) is 2.99. The van der Waals surface area contributed by atoms with Crippen molar-refractivity contribution in [3.63, 3.8) is 0 Å². The molecular weight excluding hydrogens is 272 g/mol. The first-order valence-corrected chi connectivity index (χ1v) is 7.22. The second-order valence-electron chi connectivity index (χ2n) is 5.41. The largest absolute Gasteiger partial charge is 0.425 e. The van der Waals surface area contributed by atoms with Crippen LogP contribution in [-0.2, 0) is 0 Å². The van der Waals surface area contributed by atoms with E-state index in [2.05, 4.69) is 35.3 Å². The number of halogens is 1. The molecule has 1 aliphatic rings. The highest BCUT2D eigenvalue weighted by atomic mass is 35.5. The van der Waals surface area contributed by atoms with Crippen molar-refractivity contribution < 1.29 is 4.42 Å². The van der Waals surface area contributed by atoms with Crippen LogP contribution in [0.25, 0.3) is 0 Å². The van der Waals surface area contributed by atoms with Crippen molar-refractivity contribution >= 4 is 11.6 Å². The van der Waals surface area contributed by atoms with Crippen molar-refractivity contribution in [3.8, 4) is 0 Å². The number of rotatable bonds is 2. The molecule has 1 aromatic carbocycles. The zero-order chi connectivity index (χ0) is 14.1. The minimum atomic E-state index is 0.251. The van der Waals surface area contributed by atoms with Crippen LogP contribution < -0.4 is 0 Å². The summed E-state index contributed by atoms with van der Waals surface area (Å²) in [5.41, 5.74) is 2.69. The molecule has 0 saturated carbocycles. The van der Waals surface area contributed by atoms with Crippen molar-refractivity contribution in [2.75, 3.05) is 0 Å². The molecule has 0 spiro atoms. The lowest BCUT2D eigenvalue weighted by atomic mass is 9.76. The van der Waals surface area contributed by atoms with Crippen molar-refractivity contribution in [3.05, 3.63) is 58.3 Å². The van der Waals surface area contributed by atoms with Crippen molar-refractivity contribution in [2.45, 2.75) is 38.5 Å². The predicted octanol–water partition coefficient (Wildman–Crippen LogP) is 4.64. The molecule has 0 N–H and O–H groups in total. The number of hydrogen-bond acceptors (Lipinski definition) is 3. The van der Waals surface area contributed by atoms with Crippen molar-refractivity contribution in [2.24, 2.45) is 0 Å². The van der Waals surface area contributed by atoms with Gasteiger partial charge >= 0.3 is 0 Å². The van der Waals surface area contributed by atoms with Crippen LogP contribution >= 0.6 is 11.6 Å². The number of allylic oxidation sites excluding steroid dienone is 2. The molecule has 3 rings (SSSR count). The number of aryl methyl sites for hydroxylation is 1. The van der Waals surface area contributed by atoms with Gasteiger partial charge in [0.2, 0.25) is 11.8 Å². The number of benzene rings is 1. The smallest absolute Gasteiger partial charge is 0.220 e. The van der Waals surface area contributed by atoms with E-state index < -0.39 is 0 Å². The van der Waals surface area contributed by atoms with Gasteiger partial charge in [0.15, 0.2) is 0 Å². The van der Waals surface area contributed by atoms with Crippen LogP contribution in [0.3, 0.4) is 0 Å². The second kappa shape index (κ2) is 5.41. The zero-order valence-corrected chi connectivity index (χ0v) is 12.4.